The topological polar surface area (TPSA) is 60.8 Å². The summed E-state index contributed by atoms with van der Waals surface area (Å²) in [6.45, 7) is 2.63. The monoisotopic (exact) mass is 213 g/mol. The molecule has 0 radical (unpaired) electrons. The van der Waals surface area contributed by atoms with E-state index in [1.165, 1.54) is 0 Å². The number of carbonyl (C=O) groups is 1. The fraction of sp³-hybridized carbons (Fsp3) is 0.909. The molecule has 0 aromatic heterocycles. The predicted molar refractivity (Wildman–Crippen MR) is 55.6 cm³/mol. The number of aliphatic carboxylic acids is 1. The van der Waals surface area contributed by atoms with Crippen molar-refractivity contribution < 1.29 is 15.0 Å². The van der Waals surface area contributed by atoms with Gasteiger partial charge in [-0.05, 0) is 32.6 Å². The minimum absolute atomic E-state index is 0.169. The van der Waals surface area contributed by atoms with Crippen LogP contribution >= 0.6 is 0 Å². The highest BCUT2D eigenvalue weighted by Crippen LogP contribution is 2.41. The first-order valence-electron chi connectivity index (χ1n) is 5.76. The highest BCUT2D eigenvalue weighted by Gasteiger charge is 2.48. The molecule has 2 fully saturated rings. The van der Waals surface area contributed by atoms with Crippen LogP contribution in [0.1, 0.15) is 32.6 Å². The normalized spacial score (nSPS) is 37.1. The summed E-state index contributed by atoms with van der Waals surface area (Å²) < 4.78 is 0. The van der Waals surface area contributed by atoms with E-state index in [-0.39, 0.29) is 18.1 Å². The highest BCUT2D eigenvalue weighted by molar-refractivity contribution is 5.71. The summed E-state index contributed by atoms with van der Waals surface area (Å²) >= 11 is 0. The Hall–Kier alpha value is -0.610. The van der Waals surface area contributed by atoms with Crippen molar-refractivity contribution in [1.82, 2.24) is 4.90 Å². The van der Waals surface area contributed by atoms with Crippen molar-refractivity contribution in [2.24, 2.45) is 5.92 Å². The molecule has 0 aromatic rings. The van der Waals surface area contributed by atoms with E-state index in [4.69, 9.17) is 5.11 Å². The van der Waals surface area contributed by atoms with E-state index in [1.54, 1.807) is 6.92 Å². The molecule has 2 aliphatic heterocycles. The number of hydrogen-bond acceptors (Lipinski definition) is 3. The van der Waals surface area contributed by atoms with Gasteiger partial charge in [-0.1, -0.05) is 0 Å². The molecule has 2 N–H and O–H groups in total. The Morgan fingerprint density at radius 1 is 1.53 bits per heavy atom. The quantitative estimate of drug-likeness (QED) is 0.721. The van der Waals surface area contributed by atoms with Gasteiger partial charge >= 0.3 is 5.97 Å². The maximum atomic E-state index is 11.0. The molecule has 2 heterocycles. The number of fused-ring (bicyclic) bond motifs is 2. The molecule has 0 aliphatic carbocycles. The first-order chi connectivity index (χ1) is 7.09. The maximum Gasteiger partial charge on any atom is 0.308 e. The SMILES string of the molecule is CC(O)CCN1C2CCC1C(C(=O)O)C2. The molecule has 4 atom stereocenters. The van der Waals surface area contributed by atoms with Gasteiger partial charge in [-0.3, -0.25) is 9.69 Å². The summed E-state index contributed by atoms with van der Waals surface area (Å²) in [6, 6.07) is 0.682. The van der Waals surface area contributed by atoms with Gasteiger partial charge in [-0.25, -0.2) is 0 Å². The Bertz CT molecular complexity index is 254. The smallest absolute Gasteiger partial charge is 0.308 e. The minimum atomic E-state index is -0.649. The van der Waals surface area contributed by atoms with Gasteiger partial charge in [-0.2, -0.15) is 0 Å². The fourth-order valence-corrected chi connectivity index (χ4v) is 3.05. The lowest BCUT2D eigenvalue weighted by Gasteiger charge is -2.23. The molecule has 2 bridgehead atoms. The maximum absolute atomic E-state index is 11.0. The zero-order valence-corrected chi connectivity index (χ0v) is 9.09. The number of aliphatic hydroxyl groups is 1. The number of rotatable bonds is 4. The fourth-order valence-electron chi connectivity index (χ4n) is 3.05. The molecule has 2 rings (SSSR count). The van der Waals surface area contributed by atoms with Crippen LogP contribution in [0.3, 0.4) is 0 Å². The molecule has 86 valence electrons. The van der Waals surface area contributed by atoms with Crippen molar-refractivity contribution in [2.45, 2.75) is 50.8 Å². The van der Waals surface area contributed by atoms with E-state index in [1.807, 2.05) is 0 Å². The van der Waals surface area contributed by atoms with Crippen molar-refractivity contribution in [2.75, 3.05) is 6.54 Å². The average molecular weight is 213 g/mol. The van der Waals surface area contributed by atoms with Crippen LogP contribution in [0.4, 0.5) is 0 Å². The standard InChI is InChI=1S/C11H19NO3/c1-7(13)4-5-12-8-2-3-10(12)9(6-8)11(14)15/h7-10,13H,2-6H2,1H3,(H,14,15). The van der Waals surface area contributed by atoms with Crippen LogP contribution in [0.15, 0.2) is 0 Å². The Morgan fingerprint density at radius 3 is 2.80 bits per heavy atom. The number of hydrogen-bond donors (Lipinski definition) is 2. The first kappa shape index (κ1) is 10.9. The number of aliphatic hydroxyl groups excluding tert-OH is 1. The van der Waals surface area contributed by atoms with Crippen molar-refractivity contribution in [3.8, 4) is 0 Å². The molecular weight excluding hydrogens is 194 g/mol. The van der Waals surface area contributed by atoms with Crippen molar-refractivity contribution >= 4 is 5.97 Å². The van der Waals surface area contributed by atoms with Crippen LogP contribution in [-0.2, 0) is 4.79 Å². The molecule has 0 spiro atoms. The molecule has 4 heteroatoms. The van der Waals surface area contributed by atoms with Crippen LogP contribution in [0.2, 0.25) is 0 Å². The summed E-state index contributed by atoms with van der Waals surface area (Å²) in [4.78, 5) is 13.3. The van der Waals surface area contributed by atoms with Gasteiger partial charge in [-0.15, -0.1) is 0 Å². The van der Waals surface area contributed by atoms with Gasteiger partial charge in [0.05, 0.1) is 12.0 Å². The Morgan fingerprint density at radius 2 is 2.27 bits per heavy atom. The summed E-state index contributed by atoms with van der Waals surface area (Å²) in [5.41, 5.74) is 0. The van der Waals surface area contributed by atoms with E-state index < -0.39 is 5.97 Å². The van der Waals surface area contributed by atoms with E-state index in [0.29, 0.717) is 6.04 Å². The number of carboxylic acid groups (broad SMARTS) is 1. The van der Waals surface area contributed by atoms with E-state index in [0.717, 1.165) is 32.2 Å². The molecule has 2 aliphatic rings. The van der Waals surface area contributed by atoms with E-state index in [9.17, 15) is 9.90 Å². The van der Waals surface area contributed by atoms with Crippen LogP contribution in [0.25, 0.3) is 0 Å². The molecule has 0 amide bonds. The number of nitrogens with zero attached hydrogens (tertiary/aromatic N) is 1. The lowest BCUT2D eigenvalue weighted by Crippen LogP contribution is -2.34. The molecule has 0 aromatic carbocycles. The predicted octanol–water partition coefficient (Wildman–Crippen LogP) is 0.695. The zero-order chi connectivity index (χ0) is 11.0. The lowest BCUT2D eigenvalue weighted by atomic mass is 9.89. The van der Waals surface area contributed by atoms with Crippen molar-refractivity contribution in [3.05, 3.63) is 0 Å². The van der Waals surface area contributed by atoms with Gasteiger partial charge in [0.25, 0.3) is 0 Å². The van der Waals surface area contributed by atoms with Crippen molar-refractivity contribution in [3.63, 3.8) is 0 Å². The van der Waals surface area contributed by atoms with Crippen LogP contribution in [0.5, 0.6) is 0 Å². The number of carboxylic acids is 1. The molecule has 2 saturated heterocycles. The van der Waals surface area contributed by atoms with Crippen LogP contribution < -0.4 is 0 Å². The third-order valence-corrected chi connectivity index (χ3v) is 3.80. The second-order valence-electron chi connectivity index (χ2n) is 4.85. The first-order valence-corrected chi connectivity index (χ1v) is 5.76. The molecule has 0 saturated carbocycles. The Balaban J connectivity index is 1.94. The summed E-state index contributed by atoms with van der Waals surface area (Å²) in [7, 11) is 0. The van der Waals surface area contributed by atoms with Gasteiger partial charge in [0, 0.05) is 18.6 Å². The second-order valence-corrected chi connectivity index (χ2v) is 4.85. The lowest BCUT2D eigenvalue weighted by molar-refractivity contribution is -0.142. The largest absolute Gasteiger partial charge is 0.481 e. The van der Waals surface area contributed by atoms with E-state index in [2.05, 4.69) is 4.90 Å². The molecule has 15 heavy (non-hydrogen) atoms. The van der Waals surface area contributed by atoms with Crippen LogP contribution in [0, 0.1) is 5.92 Å². The van der Waals surface area contributed by atoms with Gasteiger partial charge in [0.2, 0.25) is 0 Å². The molecule has 4 nitrogen and oxygen atoms in total. The second kappa shape index (κ2) is 4.10. The third-order valence-electron chi connectivity index (χ3n) is 3.80. The van der Waals surface area contributed by atoms with Crippen molar-refractivity contribution in [1.29, 1.82) is 0 Å². The van der Waals surface area contributed by atoms with Crippen LogP contribution in [-0.4, -0.2) is 45.8 Å². The summed E-state index contributed by atoms with van der Waals surface area (Å²) in [6.07, 6.45) is 3.42. The Labute approximate surface area is 89.9 Å². The van der Waals surface area contributed by atoms with Gasteiger partial charge in [0.1, 0.15) is 0 Å². The summed E-state index contributed by atoms with van der Waals surface area (Å²) in [5, 5.41) is 18.3. The highest BCUT2D eigenvalue weighted by atomic mass is 16.4. The third kappa shape index (κ3) is 2.01. The minimum Gasteiger partial charge on any atom is -0.481 e. The Kier molecular flexibility index (Phi) is 2.98. The average Bonchev–Trinajstić information content (AvgIpc) is 2.70. The molecular formula is C11H19NO3. The zero-order valence-electron chi connectivity index (χ0n) is 9.09. The summed E-state index contributed by atoms with van der Waals surface area (Å²) in [5.74, 6) is -0.818. The van der Waals surface area contributed by atoms with Gasteiger partial charge in [0.15, 0.2) is 0 Å². The van der Waals surface area contributed by atoms with E-state index >= 15 is 0 Å². The molecule has 4 unspecified atom stereocenters. The van der Waals surface area contributed by atoms with Gasteiger partial charge < -0.3 is 10.2 Å².